The van der Waals surface area contributed by atoms with Crippen LogP contribution < -0.4 is 0 Å². The van der Waals surface area contributed by atoms with Gasteiger partial charge in [-0.2, -0.15) is 0 Å². The van der Waals surface area contributed by atoms with E-state index in [1.54, 1.807) is 0 Å². The maximum Gasteiger partial charge on any atom is 0.159 e. The Morgan fingerprint density at radius 2 is 2.45 bits per heavy atom. The van der Waals surface area contributed by atoms with E-state index in [1.807, 2.05) is 18.2 Å². The summed E-state index contributed by atoms with van der Waals surface area (Å²) < 4.78 is 0. The van der Waals surface area contributed by atoms with Gasteiger partial charge in [0.15, 0.2) is 5.78 Å². The first-order chi connectivity index (χ1) is 5.34. The molecule has 60 valence electrons. The van der Waals surface area contributed by atoms with Gasteiger partial charge in [0, 0.05) is 6.42 Å². The van der Waals surface area contributed by atoms with Gasteiger partial charge in [-0.05, 0) is 18.4 Å². The van der Waals surface area contributed by atoms with Crippen molar-refractivity contribution in [2.75, 3.05) is 0 Å². The van der Waals surface area contributed by atoms with E-state index in [0.29, 0.717) is 5.78 Å². The minimum Gasteiger partial charge on any atom is -0.295 e. The third-order valence-corrected chi connectivity index (χ3v) is 1.89. The number of allylic oxidation sites excluding steroid dienone is 4. The van der Waals surface area contributed by atoms with E-state index >= 15 is 0 Å². The second-order valence-corrected chi connectivity index (χ2v) is 2.85. The summed E-state index contributed by atoms with van der Waals surface area (Å²) in [4.78, 5) is 11.3. The molecule has 0 radical (unpaired) electrons. The zero-order valence-corrected chi connectivity index (χ0v) is 6.97. The van der Waals surface area contributed by atoms with E-state index in [-0.39, 0.29) is 0 Å². The third kappa shape index (κ3) is 2.34. The van der Waals surface area contributed by atoms with E-state index in [2.05, 4.69) is 6.92 Å². The monoisotopic (exact) mass is 150 g/mol. The number of carbonyl (C=O) groups is 1. The summed E-state index contributed by atoms with van der Waals surface area (Å²) in [5.74, 6) is 0.330. The van der Waals surface area contributed by atoms with Crippen LogP contribution in [0.15, 0.2) is 23.8 Å². The number of carbonyl (C=O) groups excluding carboxylic acids is 1. The second kappa shape index (κ2) is 4.12. The maximum absolute atomic E-state index is 11.3. The summed E-state index contributed by atoms with van der Waals surface area (Å²) in [5, 5.41) is 0. The van der Waals surface area contributed by atoms with Crippen molar-refractivity contribution in [3.63, 3.8) is 0 Å². The van der Waals surface area contributed by atoms with Gasteiger partial charge in [0.05, 0.1) is 0 Å². The van der Waals surface area contributed by atoms with Crippen molar-refractivity contribution in [1.29, 1.82) is 0 Å². The van der Waals surface area contributed by atoms with Gasteiger partial charge in [-0.3, -0.25) is 4.79 Å². The van der Waals surface area contributed by atoms with E-state index in [1.165, 1.54) is 0 Å². The van der Waals surface area contributed by atoms with Crippen LogP contribution in [0.3, 0.4) is 0 Å². The zero-order chi connectivity index (χ0) is 8.10. The van der Waals surface area contributed by atoms with Gasteiger partial charge >= 0.3 is 0 Å². The summed E-state index contributed by atoms with van der Waals surface area (Å²) in [6.45, 7) is 2.11. The highest BCUT2D eigenvalue weighted by atomic mass is 16.1. The van der Waals surface area contributed by atoms with E-state index in [0.717, 1.165) is 31.3 Å². The van der Waals surface area contributed by atoms with Crippen molar-refractivity contribution in [1.82, 2.24) is 0 Å². The van der Waals surface area contributed by atoms with Crippen LogP contribution >= 0.6 is 0 Å². The van der Waals surface area contributed by atoms with Gasteiger partial charge in [-0.25, -0.2) is 0 Å². The zero-order valence-electron chi connectivity index (χ0n) is 6.97. The summed E-state index contributed by atoms with van der Waals surface area (Å²) in [6.07, 6.45) is 9.62. The molecule has 0 unspecified atom stereocenters. The number of hydrogen-bond donors (Lipinski definition) is 0. The van der Waals surface area contributed by atoms with Crippen LogP contribution in [0.4, 0.5) is 0 Å². The fourth-order valence-electron chi connectivity index (χ4n) is 1.15. The first-order valence-corrected chi connectivity index (χ1v) is 4.23. The Morgan fingerprint density at radius 3 is 3.00 bits per heavy atom. The van der Waals surface area contributed by atoms with Crippen LogP contribution in [0, 0.1) is 0 Å². The lowest BCUT2D eigenvalue weighted by Crippen LogP contribution is -1.99. The average molecular weight is 150 g/mol. The summed E-state index contributed by atoms with van der Waals surface area (Å²) in [6, 6.07) is 0. The SMILES string of the molecule is CCCCC(=O)C1=CC=CC1. The largest absolute Gasteiger partial charge is 0.295 e. The number of hydrogen-bond acceptors (Lipinski definition) is 1. The molecular weight excluding hydrogens is 136 g/mol. The molecule has 0 fully saturated rings. The highest BCUT2D eigenvalue weighted by molar-refractivity contribution is 5.96. The van der Waals surface area contributed by atoms with Crippen LogP contribution in [0.25, 0.3) is 0 Å². The van der Waals surface area contributed by atoms with Crippen molar-refractivity contribution in [2.45, 2.75) is 32.6 Å². The van der Waals surface area contributed by atoms with E-state index in [4.69, 9.17) is 0 Å². The molecule has 1 heteroatoms. The lowest BCUT2D eigenvalue weighted by atomic mass is 10.1. The van der Waals surface area contributed by atoms with Gasteiger partial charge in [0.1, 0.15) is 0 Å². The smallest absolute Gasteiger partial charge is 0.159 e. The van der Waals surface area contributed by atoms with Crippen molar-refractivity contribution >= 4 is 5.78 Å². The molecule has 1 aliphatic rings. The topological polar surface area (TPSA) is 17.1 Å². The molecule has 0 heterocycles. The molecule has 0 aliphatic heterocycles. The molecule has 1 aliphatic carbocycles. The summed E-state index contributed by atoms with van der Waals surface area (Å²) >= 11 is 0. The molecule has 0 saturated heterocycles. The van der Waals surface area contributed by atoms with Crippen LogP contribution in [-0.2, 0) is 4.79 Å². The maximum atomic E-state index is 11.3. The molecule has 0 aromatic rings. The van der Waals surface area contributed by atoms with Crippen LogP contribution in [0.1, 0.15) is 32.6 Å². The molecule has 1 nitrogen and oxygen atoms in total. The molecule has 11 heavy (non-hydrogen) atoms. The molecule has 0 aromatic heterocycles. The molecule has 0 aromatic carbocycles. The van der Waals surface area contributed by atoms with E-state index in [9.17, 15) is 4.79 Å². The minimum atomic E-state index is 0.330. The molecule has 0 atom stereocenters. The Morgan fingerprint density at radius 1 is 1.64 bits per heavy atom. The molecular formula is C10H14O. The molecule has 0 saturated carbocycles. The molecule has 1 rings (SSSR count). The van der Waals surface area contributed by atoms with Crippen LogP contribution in [0.2, 0.25) is 0 Å². The van der Waals surface area contributed by atoms with Crippen LogP contribution in [0.5, 0.6) is 0 Å². The van der Waals surface area contributed by atoms with Crippen LogP contribution in [-0.4, -0.2) is 5.78 Å². The first kappa shape index (κ1) is 8.25. The van der Waals surface area contributed by atoms with Gasteiger partial charge in [-0.1, -0.05) is 31.6 Å². The third-order valence-electron chi connectivity index (χ3n) is 1.89. The highest BCUT2D eigenvalue weighted by Gasteiger charge is 2.08. The summed E-state index contributed by atoms with van der Waals surface area (Å²) in [7, 11) is 0. The average Bonchev–Trinajstić information content (AvgIpc) is 2.52. The molecule has 0 amide bonds. The summed E-state index contributed by atoms with van der Waals surface area (Å²) in [5.41, 5.74) is 0.985. The van der Waals surface area contributed by atoms with Gasteiger partial charge in [0.25, 0.3) is 0 Å². The van der Waals surface area contributed by atoms with Gasteiger partial charge < -0.3 is 0 Å². The second-order valence-electron chi connectivity index (χ2n) is 2.85. The molecule has 0 N–H and O–H groups in total. The Kier molecular flexibility index (Phi) is 3.09. The van der Waals surface area contributed by atoms with Gasteiger partial charge in [-0.15, -0.1) is 0 Å². The molecule has 0 spiro atoms. The predicted octanol–water partition coefficient (Wildman–Crippen LogP) is 2.63. The quantitative estimate of drug-likeness (QED) is 0.602. The van der Waals surface area contributed by atoms with Gasteiger partial charge in [0.2, 0.25) is 0 Å². The number of unbranched alkanes of at least 4 members (excludes halogenated alkanes) is 1. The van der Waals surface area contributed by atoms with Crippen molar-refractivity contribution < 1.29 is 4.79 Å². The fraction of sp³-hybridized carbons (Fsp3) is 0.500. The van der Waals surface area contributed by atoms with Crippen molar-refractivity contribution in [2.24, 2.45) is 0 Å². The lowest BCUT2D eigenvalue weighted by molar-refractivity contribution is -0.115. The lowest BCUT2D eigenvalue weighted by Gasteiger charge is -1.98. The minimum absolute atomic E-state index is 0.330. The first-order valence-electron chi connectivity index (χ1n) is 4.23. The number of Topliss-reactive ketones (excluding diaryl/α,β-unsaturated/α-hetero) is 1. The van der Waals surface area contributed by atoms with Crippen molar-refractivity contribution in [3.8, 4) is 0 Å². The predicted molar refractivity (Wildman–Crippen MR) is 46.4 cm³/mol. The molecule has 0 bridgehead atoms. The Bertz CT molecular complexity index is 199. The standard InChI is InChI=1S/C10H14O/c1-2-3-8-10(11)9-6-4-5-7-9/h4-6H,2-3,7-8H2,1H3. The van der Waals surface area contributed by atoms with Crippen molar-refractivity contribution in [3.05, 3.63) is 23.8 Å². The Labute approximate surface area is 67.8 Å². The fourth-order valence-corrected chi connectivity index (χ4v) is 1.15. The highest BCUT2D eigenvalue weighted by Crippen LogP contribution is 2.14. The Hall–Kier alpha value is -0.850. The Balaban J connectivity index is 2.31. The number of rotatable bonds is 4. The normalized spacial score (nSPS) is 15.2. The van der Waals surface area contributed by atoms with E-state index < -0.39 is 0 Å². The number of ketones is 1.